The number of ether oxygens (including phenoxy) is 1. The third kappa shape index (κ3) is 4.02. The van der Waals surface area contributed by atoms with Gasteiger partial charge >= 0.3 is 0 Å². The Kier molecular flexibility index (Phi) is 4.52. The van der Waals surface area contributed by atoms with E-state index in [4.69, 9.17) is 4.74 Å². The molecule has 1 heterocycles. The van der Waals surface area contributed by atoms with Crippen LogP contribution >= 0.6 is 0 Å². The number of hydrogen-bond acceptors (Lipinski definition) is 3. The number of nitrogens with zero attached hydrogens (tertiary/aromatic N) is 1. The highest BCUT2D eigenvalue weighted by atomic mass is 19.1. The van der Waals surface area contributed by atoms with Crippen molar-refractivity contribution in [2.45, 2.75) is 26.9 Å². The maximum absolute atomic E-state index is 13.9. The number of carbonyl (C=O) groups is 1. The van der Waals surface area contributed by atoms with Crippen molar-refractivity contribution in [3.8, 4) is 5.75 Å². The second-order valence-corrected chi connectivity index (χ2v) is 4.95. The summed E-state index contributed by atoms with van der Waals surface area (Å²) in [5.74, 6) is -0.792. The number of anilines is 1. The van der Waals surface area contributed by atoms with E-state index in [1.807, 2.05) is 20.8 Å². The summed E-state index contributed by atoms with van der Waals surface area (Å²) in [6.07, 6.45) is 1.48. The van der Waals surface area contributed by atoms with E-state index >= 15 is 0 Å². The molecule has 4 nitrogen and oxygen atoms in total. The van der Waals surface area contributed by atoms with Crippen molar-refractivity contribution < 1.29 is 13.9 Å². The Morgan fingerprint density at radius 2 is 2.05 bits per heavy atom. The summed E-state index contributed by atoms with van der Waals surface area (Å²) in [5, 5.41) is 2.70. The maximum Gasteiger partial charge on any atom is 0.255 e. The van der Waals surface area contributed by atoms with E-state index in [0.717, 1.165) is 5.69 Å². The number of amides is 1. The van der Waals surface area contributed by atoms with Crippen LogP contribution in [0, 0.1) is 12.7 Å². The van der Waals surface area contributed by atoms with Crippen molar-refractivity contribution in [2.24, 2.45) is 0 Å². The number of carbonyl (C=O) groups excluding carboxylic acids is 1. The molecule has 2 rings (SSSR count). The summed E-state index contributed by atoms with van der Waals surface area (Å²) < 4.78 is 19.2. The van der Waals surface area contributed by atoms with Crippen LogP contribution in [0.5, 0.6) is 5.75 Å². The predicted molar refractivity (Wildman–Crippen MR) is 79.1 cm³/mol. The van der Waals surface area contributed by atoms with Gasteiger partial charge in [0.15, 0.2) is 11.6 Å². The smallest absolute Gasteiger partial charge is 0.255 e. The molecule has 21 heavy (non-hydrogen) atoms. The lowest BCUT2D eigenvalue weighted by Crippen LogP contribution is -2.13. The first-order valence-corrected chi connectivity index (χ1v) is 6.66. The van der Waals surface area contributed by atoms with Crippen LogP contribution in [-0.2, 0) is 0 Å². The van der Waals surface area contributed by atoms with Gasteiger partial charge in [-0.15, -0.1) is 0 Å². The minimum atomic E-state index is -0.553. The first-order valence-electron chi connectivity index (χ1n) is 6.66. The molecule has 2 aromatic rings. The normalized spacial score (nSPS) is 10.5. The number of halogens is 1. The van der Waals surface area contributed by atoms with E-state index in [9.17, 15) is 9.18 Å². The summed E-state index contributed by atoms with van der Waals surface area (Å²) in [6.45, 7) is 5.45. The molecule has 1 aromatic heterocycles. The summed E-state index contributed by atoms with van der Waals surface area (Å²) in [4.78, 5) is 16.1. The number of benzene rings is 1. The van der Waals surface area contributed by atoms with Gasteiger partial charge in [-0.1, -0.05) is 0 Å². The number of nitrogens with one attached hydrogen (secondary N) is 1. The van der Waals surface area contributed by atoms with E-state index < -0.39 is 5.82 Å². The average molecular weight is 288 g/mol. The highest BCUT2D eigenvalue weighted by molar-refractivity contribution is 6.04. The highest BCUT2D eigenvalue weighted by Gasteiger charge is 2.11. The predicted octanol–water partition coefficient (Wildman–Crippen LogP) is 3.57. The van der Waals surface area contributed by atoms with Gasteiger partial charge in [0.1, 0.15) is 0 Å². The van der Waals surface area contributed by atoms with E-state index in [0.29, 0.717) is 5.69 Å². The van der Waals surface area contributed by atoms with Gasteiger partial charge in [0.2, 0.25) is 0 Å². The maximum atomic E-state index is 13.9. The Balaban J connectivity index is 2.14. The lowest BCUT2D eigenvalue weighted by Gasteiger charge is -2.11. The van der Waals surface area contributed by atoms with Crippen LogP contribution in [0.15, 0.2) is 36.5 Å². The van der Waals surface area contributed by atoms with Crippen molar-refractivity contribution in [3.05, 3.63) is 53.6 Å². The second-order valence-electron chi connectivity index (χ2n) is 4.95. The van der Waals surface area contributed by atoms with Gasteiger partial charge in [0.25, 0.3) is 5.91 Å². The van der Waals surface area contributed by atoms with Gasteiger partial charge in [-0.05, 0) is 51.1 Å². The Labute approximate surface area is 123 Å². The molecule has 0 atom stereocenters. The first kappa shape index (κ1) is 15.0. The van der Waals surface area contributed by atoms with Crippen molar-refractivity contribution in [2.75, 3.05) is 5.32 Å². The molecule has 1 amide bonds. The van der Waals surface area contributed by atoms with Crippen molar-refractivity contribution in [1.29, 1.82) is 0 Å². The molecule has 110 valence electrons. The molecule has 1 aromatic carbocycles. The number of rotatable bonds is 4. The minimum absolute atomic E-state index is 0.126. The van der Waals surface area contributed by atoms with Crippen LogP contribution in [0.4, 0.5) is 10.1 Å². The standard InChI is InChI=1S/C16H17FN2O2/c1-10(2)21-15-5-4-12(9-14(15)17)16(20)19-13-6-7-18-11(3)8-13/h4-10H,1-3H3,(H,18,19,20). The fraction of sp³-hybridized carbons (Fsp3) is 0.250. The van der Waals surface area contributed by atoms with Crippen LogP contribution in [0.1, 0.15) is 29.9 Å². The Bertz CT molecular complexity index is 656. The molecule has 0 saturated carbocycles. The molecule has 0 unspecified atom stereocenters. The SMILES string of the molecule is Cc1cc(NC(=O)c2ccc(OC(C)C)c(F)c2)ccn1. The van der Waals surface area contributed by atoms with Gasteiger partial charge in [0.05, 0.1) is 6.10 Å². The molecule has 0 fully saturated rings. The molecule has 0 saturated heterocycles. The van der Waals surface area contributed by atoms with E-state index in [1.165, 1.54) is 18.2 Å². The van der Waals surface area contributed by atoms with Crippen LogP contribution in [-0.4, -0.2) is 17.0 Å². The molecule has 1 N–H and O–H groups in total. The fourth-order valence-electron chi connectivity index (χ4n) is 1.82. The van der Waals surface area contributed by atoms with Crippen molar-refractivity contribution >= 4 is 11.6 Å². The molecule has 0 aliphatic carbocycles. The quantitative estimate of drug-likeness (QED) is 0.935. The molecule has 0 aliphatic rings. The lowest BCUT2D eigenvalue weighted by atomic mass is 10.2. The number of pyridine rings is 1. The number of aromatic nitrogens is 1. The molecule has 0 bridgehead atoms. The lowest BCUT2D eigenvalue weighted by molar-refractivity contribution is 0.102. The zero-order chi connectivity index (χ0) is 15.4. The van der Waals surface area contributed by atoms with Crippen LogP contribution in [0.2, 0.25) is 0 Å². The van der Waals surface area contributed by atoms with Crippen molar-refractivity contribution in [3.63, 3.8) is 0 Å². The van der Waals surface area contributed by atoms with Crippen molar-refractivity contribution in [1.82, 2.24) is 4.98 Å². The summed E-state index contributed by atoms with van der Waals surface area (Å²) >= 11 is 0. The van der Waals surface area contributed by atoms with Crippen LogP contribution in [0.25, 0.3) is 0 Å². The molecular formula is C16H17FN2O2. The highest BCUT2D eigenvalue weighted by Crippen LogP contribution is 2.20. The van der Waals surface area contributed by atoms with E-state index in [-0.39, 0.29) is 23.3 Å². The zero-order valence-electron chi connectivity index (χ0n) is 12.2. The second kappa shape index (κ2) is 6.35. The Morgan fingerprint density at radius 3 is 2.67 bits per heavy atom. The average Bonchev–Trinajstić information content (AvgIpc) is 2.40. The third-order valence-electron chi connectivity index (χ3n) is 2.71. The molecule has 5 heteroatoms. The monoisotopic (exact) mass is 288 g/mol. The van der Waals surface area contributed by atoms with Gasteiger partial charge in [-0.25, -0.2) is 4.39 Å². The molecular weight excluding hydrogens is 271 g/mol. The van der Waals surface area contributed by atoms with Crippen LogP contribution < -0.4 is 10.1 Å². The van der Waals surface area contributed by atoms with Crippen LogP contribution in [0.3, 0.4) is 0 Å². The van der Waals surface area contributed by atoms with E-state index in [1.54, 1.807) is 18.3 Å². The Hall–Kier alpha value is -2.43. The minimum Gasteiger partial charge on any atom is -0.488 e. The topological polar surface area (TPSA) is 51.2 Å². The van der Waals surface area contributed by atoms with E-state index in [2.05, 4.69) is 10.3 Å². The summed E-state index contributed by atoms with van der Waals surface area (Å²) in [7, 11) is 0. The van der Waals surface area contributed by atoms with Gasteiger partial charge in [-0.3, -0.25) is 9.78 Å². The van der Waals surface area contributed by atoms with Gasteiger partial charge in [0, 0.05) is 23.1 Å². The largest absolute Gasteiger partial charge is 0.488 e. The molecule has 0 spiro atoms. The number of hydrogen-bond donors (Lipinski definition) is 1. The zero-order valence-corrected chi connectivity index (χ0v) is 12.2. The molecule has 0 radical (unpaired) electrons. The Morgan fingerprint density at radius 1 is 1.29 bits per heavy atom. The number of aryl methyl sites for hydroxylation is 1. The van der Waals surface area contributed by atoms with Gasteiger partial charge in [-0.2, -0.15) is 0 Å². The summed E-state index contributed by atoms with van der Waals surface area (Å²) in [5.41, 5.74) is 1.65. The first-order chi connectivity index (χ1) is 9.95. The third-order valence-corrected chi connectivity index (χ3v) is 2.71. The summed E-state index contributed by atoms with van der Waals surface area (Å²) in [6, 6.07) is 7.58. The molecule has 0 aliphatic heterocycles. The van der Waals surface area contributed by atoms with Gasteiger partial charge < -0.3 is 10.1 Å². The fourth-order valence-corrected chi connectivity index (χ4v) is 1.82.